The van der Waals surface area contributed by atoms with Crippen LogP contribution >= 0.6 is 0 Å². The molecular weight excluding hydrogens is 308 g/mol. The summed E-state index contributed by atoms with van der Waals surface area (Å²) in [6, 6.07) is 5.16. The topological polar surface area (TPSA) is 69.9 Å². The zero-order valence-corrected chi connectivity index (χ0v) is 14.1. The molecule has 130 valence electrons. The molecule has 0 saturated carbocycles. The molecule has 3 rings (SSSR count). The van der Waals surface area contributed by atoms with Gasteiger partial charge in [-0.3, -0.25) is 19.8 Å². The van der Waals surface area contributed by atoms with Gasteiger partial charge < -0.3 is 9.80 Å². The van der Waals surface area contributed by atoms with Crippen LogP contribution in [0.5, 0.6) is 0 Å². The molecule has 0 bridgehead atoms. The molecule has 2 aliphatic heterocycles. The Kier molecular flexibility index (Phi) is 4.99. The Bertz CT molecular complexity index is 620. The number of nitro groups is 1. The van der Waals surface area contributed by atoms with Crippen LogP contribution in [0.1, 0.15) is 25.3 Å². The van der Waals surface area contributed by atoms with Crippen molar-refractivity contribution in [1.82, 2.24) is 9.80 Å². The van der Waals surface area contributed by atoms with Gasteiger partial charge in [0.25, 0.3) is 5.69 Å². The Labute approximate surface area is 142 Å². The molecule has 1 aromatic carbocycles. The van der Waals surface area contributed by atoms with Crippen LogP contribution < -0.4 is 4.90 Å². The van der Waals surface area contributed by atoms with Gasteiger partial charge in [0.1, 0.15) is 0 Å². The fourth-order valence-corrected chi connectivity index (χ4v) is 3.56. The molecule has 7 nitrogen and oxygen atoms in total. The molecule has 1 amide bonds. The molecular formula is C17H24N4O3. The summed E-state index contributed by atoms with van der Waals surface area (Å²) < 4.78 is 0. The van der Waals surface area contributed by atoms with Crippen molar-refractivity contribution in [2.75, 3.05) is 44.2 Å². The number of carbonyl (C=O) groups excluding carboxylic acids is 1. The highest BCUT2D eigenvalue weighted by atomic mass is 16.6. The van der Waals surface area contributed by atoms with Gasteiger partial charge in [-0.25, -0.2) is 0 Å². The Balaban J connectivity index is 1.80. The SMILES string of the molecule is CC(=O)N1CCN(c2ccc([N+](=O)[O-])cc2CN2CCCC2)CC1. The second-order valence-electron chi connectivity index (χ2n) is 6.55. The van der Waals surface area contributed by atoms with E-state index in [4.69, 9.17) is 0 Å². The number of piperazine rings is 1. The largest absolute Gasteiger partial charge is 0.368 e. The summed E-state index contributed by atoms with van der Waals surface area (Å²) in [7, 11) is 0. The second-order valence-corrected chi connectivity index (χ2v) is 6.55. The summed E-state index contributed by atoms with van der Waals surface area (Å²) in [6.07, 6.45) is 2.39. The zero-order valence-electron chi connectivity index (χ0n) is 14.1. The van der Waals surface area contributed by atoms with E-state index in [2.05, 4.69) is 9.80 Å². The molecule has 2 fully saturated rings. The molecule has 2 aliphatic rings. The van der Waals surface area contributed by atoms with E-state index in [0.29, 0.717) is 13.1 Å². The van der Waals surface area contributed by atoms with E-state index in [0.717, 1.165) is 44.0 Å². The predicted molar refractivity (Wildman–Crippen MR) is 92.1 cm³/mol. The number of nitrogens with zero attached hydrogens (tertiary/aromatic N) is 4. The summed E-state index contributed by atoms with van der Waals surface area (Å²) in [5, 5.41) is 11.1. The van der Waals surface area contributed by atoms with Crippen molar-refractivity contribution >= 4 is 17.3 Å². The molecule has 0 aromatic heterocycles. The molecule has 0 radical (unpaired) electrons. The lowest BCUT2D eigenvalue weighted by atomic mass is 10.1. The average Bonchev–Trinajstić information content (AvgIpc) is 3.08. The molecule has 24 heavy (non-hydrogen) atoms. The Hall–Kier alpha value is -2.15. The minimum atomic E-state index is -0.328. The summed E-state index contributed by atoms with van der Waals surface area (Å²) >= 11 is 0. The van der Waals surface area contributed by atoms with E-state index in [1.807, 2.05) is 11.0 Å². The lowest BCUT2D eigenvalue weighted by Crippen LogP contribution is -2.48. The first-order chi connectivity index (χ1) is 11.5. The maximum absolute atomic E-state index is 11.5. The molecule has 7 heteroatoms. The molecule has 2 saturated heterocycles. The lowest BCUT2D eigenvalue weighted by Gasteiger charge is -2.37. The van der Waals surface area contributed by atoms with E-state index < -0.39 is 0 Å². The molecule has 0 atom stereocenters. The van der Waals surface area contributed by atoms with Crippen LogP contribution in [0.4, 0.5) is 11.4 Å². The minimum absolute atomic E-state index is 0.107. The van der Waals surface area contributed by atoms with Crippen LogP contribution in [0.3, 0.4) is 0 Å². The Morgan fingerprint density at radius 1 is 1.12 bits per heavy atom. The zero-order chi connectivity index (χ0) is 17.1. The third-order valence-electron chi connectivity index (χ3n) is 4.93. The number of benzene rings is 1. The van der Waals surface area contributed by atoms with Gasteiger partial charge in [-0.05, 0) is 37.6 Å². The number of likely N-dealkylation sites (tertiary alicyclic amines) is 1. The highest BCUT2D eigenvalue weighted by Crippen LogP contribution is 2.28. The van der Waals surface area contributed by atoms with Crippen molar-refractivity contribution < 1.29 is 9.72 Å². The van der Waals surface area contributed by atoms with Crippen molar-refractivity contribution in [1.29, 1.82) is 0 Å². The summed E-state index contributed by atoms with van der Waals surface area (Å²) in [4.78, 5) is 28.7. The maximum atomic E-state index is 11.5. The van der Waals surface area contributed by atoms with Gasteiger partial charge in [0.05, 0.1) is 4.92 Å². The number of hydrogen-bond donors (Lipinski definition) is 0. The van der Waals surface area contributed by atoms with E-state index in [9.17, 15) is 14.9 Å². The average molecular weight is 332 g/mol. The highest BCUT2D eigenvalue weighted by Gasteiger charge is 2.23. The molecule has 0 N–H and O–H groups in total. The standard InChI is InChI=1S/C17H24N4O3/c1-14(22)19-8-10-20(11-9-19)17-5-4-16(21(23)24)12-15(17)13-18-6-2-3-7-18/h4-5,12H,2-3,6-11,13H2,1H3. The van der Waals surface area contributed by atoms with Crippen molar-refractivity contribution in [2.45, 2.75) is 26.3 Å². The van der Waals surface area contributed by atoms with Gasteiger partial charge >= 0.3 is 0 Å². The fraction of sp³-hybridized carbons (Fsp3) is 0.588. The van der Waals surface area contributed by atoms with Crippen LogP contribution in [0.25, 0.3) is 0 Å². The van der Waals surface area contributed by atoms with Crippen LogP contribution in [0, 0.1) is 10.1 Å². The van der Waals surface area contributed by atoms with Gasteiger partial charge in [-0.2, -0.15) is 0 Å². The Morgan fingerprint density at radius 2 is 1.79 bits per heavy atom. The predicted octanol–water partition coefficient (Wildman–Crippen LogP) is 1.86. The number of amides is 1. The van der Waals surface area contributed by atoms with Crippen molar-refractivity contribution in [3.05, 3.63) is 33.9 Å². The molecule has 0 unspecified atom stereocenters. The van der Waals surface area contributed by atoms with Gasteiger partial charge in [0.15, 0.2) is 0 Å². The van der Waals surface area contributed by atoms with Gasteiger partial charge in [-0.1, -0.05) is 0 Å². The summed E-state index contributed by atoms with van der Waals surface area (Å²) in [5.74, 6) is 0.107. The van der Waals surface area contributed by atoms with E-state index in [-0.39, 0.29) is 16.5 Å². The number of hydrogen-bond acceptors (Lipinski definition) is 5. The van der Waals surface area contributed by atoms with Crippen LogP contribution in [0.2, 0.25) is 0 Å². The number of non-ortho nitro benzene ring substituents is 1. The smallest absolute Gasteiger partial charge is 0.269 e. The molecule has 0 spiro atoms. The maximum Gasteiger partial charge on any atom is 0.269 e. The monoisotopic (exact) mass is 332 g/mol. The van der Waals surface area contributed by atoms with Crippen LogP contribution in [-0.4, -0.2) is 59.9 Å². The van der Waals surface area contributed by atoms with E-state index in [1.54, 1.807) is 19.1 Å². The van der Waals surface area contributed by atoms with Crippen molar-refractivity contribution in [2.24, 2.45) is 0 Å². The number of nitro benzene ring substituents is 1. The van der Waals surface area contributed by atoms with Gasteiger partial charge in [0, 0.05) is 57.5 Å². The number of carbonyl (C=O) groups is 1. The fourth-order valence-electron chi connectivity index (χ4n) is 3.56. The normalized spacial score (nSPS) is 18.9. The Morgan fingerprint density at radius 3 is 2.38 bits per heavy atom. The second kappa shape index (κ2) is 7.17. The first-order valence-electron chi connectivity index (χ1n) is 8.55. The molecule has 1 aromatic rings. The van der Waals surface area contributed by atoms with Gasteiger partial charge in [-0.15, -0.1) is 0 Å². The van der Waals surface area contributed by atoms with E-state index >= 15 is 0 Å². The molecule has 2 heterocycles. The quantitative estimate of drug-likeness (QED) is 0.622. The lowest BCUT2D eigenvalue weighted by molar-refractivity contribution is -0.384. The minimum Gasteiger partial charge on any atom is -0.368 e. The third-order valence-corrected chi connectivity index (χ3v) is 4.93. The number of rotatable bonds is 4. The van der Waals surface area contributed by atoms with Crippen molar-refractivity contribution in [3.8, 4) is 0 Å². The van der Waals surface area contributed by atoms with Crippen LogP contribution in [0.15, 0.2) is 18.2 Å². The third kappa shape index (κ3) is 3.67. The first-order valence-corrected chi connectivity index (χ1v) is 8.55. The highest BCUT2D eigenvalue weighted by molar-refractivity contribution is 5.73. The number of anilines is 1. The summed E-state index contributed by atoms with van der Waals surface area (Å²) in [5.41, 5.74) is 2.23. The van der Waals surface area contributed by atoms with E-state index in [1.165, 1.54) is 12.8 Å². The van der Waals surface area contributed by atoms with Gasteiger partial charge in [0.2, 0.25) is 5.91 Å². The summed E-state index contributed by atoms with van der Waals surface area (Å²) in [6.45, 7) is 7.41. The molecule has 0 aliphatic carbocycles. The first kappa shape index (κ1) is 16.7. The van der Waals surface area contributed by atoms with Crippen molar-refractivity contribution in [3.63, 3.8) is 0 Å². The van der Waals surface area contributed by atoms with Crippen LogP contribution in [-0.2, 0) is 11.3 Å².